The summed E-state index contributed by atoms with van der Waals surface area (Å²) in [7, 11) is -3.70. The zero-order chi connectivity index (χ0) is 23.4. The molecule has 0 atom stereocenters. The summed E-state index contributed by atoms with van der Waals surface area (Å²) in [5.41, 5.74) is 1.39. The molecule has 0 saturated heterocycles. The molecule has 0 aliphatic heterocycles. The smallest absolute Gasteiger partial charge is 0.272 e. The number of sulfone groups is 1. The first-order valence-electron chi connectivity index (χ1n) is 10.2. The van der Waals surface area contributed by atoms with E-state index >= 15 is 0 Å². The summed E-state index contributed by atoms with van der Waals surface area (Å²) in [6, 6.07) is 19.0. The monoisotopic (exact) mass is 459 g/mol. The summed E-state index contributed by atoms with van der Waals surface area (Å²) in [5, 5.41) is 0.201. The Hall–Kier alpha value is -4.04. The summed E-state index contributed by atoms with van der Waals surface area (Å²) in [6.07, 6.45) is 4.78. The number of nitrogens with one attached hydrogen (secondary N) is 2. The maximum atomic E-state index is 12.8. The van der Waals surface area contributed by atoms with Crippen LogP contribution in [-0.2, 0) is 16.3 Å². The van der Waals surface area contributed by atoms with Crippen molar-refractivity contribution in [2.75, 3.05) is 0 Å². The van der Waals surface area contributed by atoms with Crippen LogP contribution >= 0.6 is 0 Å². The summed E-state index contributed by atoms with van der Waals surface area (Å²) in [5.74, 6) is 0. The number of hydrogen-bond donors (Lipinski definition) is 2. The summed E-state index contributed by atoms with van der Waals surface area (Å²) < 4.78 is 25.5. The first kappa shape index (κ1) is 22.2. The van der Waals surface area contributed by atoms with Gasteiger partial charge in [0.25, 0.3) is 11.1 Å². The Kier molecular flexibility index (Phi) is 6.19. The lowest BCUT2D eigenvalue weighted by Crippen LogP contribution is -2.46. The second-order valence-corrected chi connectivity index (χ2v) is 9.46. The fourth-order valence-electron chi connectivity index (χ4n) is 3.21. The molecule has 7 nitrogen and oxygen atoms in total. The molecule has 2 aromatic carbocycles. The van der Waals surface area contributed by atoms with Crippen molar-refractivity contribution in [1.82, 2.24) is 15.0 Å². The number of benzene rings is 2. The maximum Gasteiger partial charge on any atom is 0.272 e. The summed E-state index contributed by atoms with van der Waals surface area (Å²) in [6.45, 7) is 1.88. The van der Waals surface area contributed by atoms with Crippen molar-refractivity contribution >= 4 is 22.0 Å². The van der Waals surface area contributed by atoms with Crippen LogP contribution in [0.5, 0.6) is 0 Å². The fourth-order valence-corrected chi connectivity index (χ4v) is 4.41. The van der Waals surface area contributed by atoms with Crippen LogP contribution in [-0.4, -0.2) is 23.4 Å². The van der Waals surface area contributed by atoms with Crippen LogP contribution in [0.3, 0.4) is 0 Å². The van der Waals surface area contributed by atoms with E-state index in [1.54, 1.807) is 30.3 Å². The first-order valence-corrected chi connectivity index (χ1v) is 11.7. The van der Waals surface area contributed by atoms with Crippen LogP contribution in [0.25, 0.3) is 12.2 Å². The quantitative estimate of drug-likeness (QED) is 0.469. The molecule has 0 saturated carbocycles. The van der Waals surface area contributed by atoms with Gasteiger partial charge in [-0.05, 0) is 49.2 Å². The number of hydrogen-bond acceptors (Lipinski definition) is 5. The van der Waals surface area contributed by atoms with E-state index in [2.05, 4.69) is 15.0 Å². The largest absolute Gasteiger partial charge is 0.316 e. The van der Waals surface area contributed by atoms with Crippen molar-refractivity contribution in [3.63, 3.8) is 0 Å². The lowest BCUT2D eigenvalue weighted by Gasteiger charge is -2.05. The van der Waals surface area contributed by atoms with Crippen LogP contribution in [0.2, 0.25) is 0 Å². The lowest BCUT2D eigenvalue weighted by atomic mass is 10.1. The van der Waals surface area contributed by atoms with Crippen LogP contribution in [0.1, 0.15) is 16.8 Å². The highest BCUT2D eigenvalue weighted by Gasteiger charge is 2.17. The van der Waals surface area contributed by atoms with E-state index in [-0.39, 0.29) is 20.5 Å². The summed E-state index contributed by atoms with van der Waals surface area (Å²) in [4.78, 5) is 34.3. The van der Waals surface area contributed by atoms with E-state index in [1.807, 2.05) is 37.3 Å². The Balaban J connectivity index is 1.63. The first-order chi connectivity index (χ1) is 15.8. The highest BCUT2D eigenvalue weighted by molar-refractivity contribution is 7.91. The molecule has 4 aromatic rings. The number of aromatic nitrogens is 3. The standard InChI is InChI=1S/C25H21N3O4S/c1-17-7-11-20(12-8-17)33(31,32)21-13-10-19(26-16-21)15-23-25(30)27-22(24(29)28-23)14-9-18-5-3-2-4-6-18/h2-8,10-16H,9H2,1H3,(H,27,30)(H,28,29)/b22-14-,23-15+. The molecular weight excluding hydrogens is 438 g/mol. The zero-order valence-corrected chi connectivity index (χ0v) is 18.6. The summed E-state index contributed by atoms with van der Waals surface area (Å²) >= 11 is 0. The molecule has 0 amide bonds. The third kappa shape index (κ3) is 5.07. The van der Waals surface area contributed by atoms with E-state index in [0.717, 1.165) is 11.1 Å². The van der Waals surface area contributed by atoms with Crippen molar-refractivity contribution in [2.24, 2.45) is 0 Å². The molecule has 2 heterocycles. The van der Waals surface area contributed by atoms with Gasteiger partial charge < -0.3 is 9.97 Å². The van der Waals surface area contributed by atoms with Crippen LogP contribution < -0.4 is 21.8 Å². The van der Waals surface area contributed by atoms with Gasteiger partial charge in [-0.3, -0.25) is 14.6 Å². The highest BCUT2D eigenvalue weighted by atomic mass is 32.2. The van der Waals surface area contributed by atoms with E-state index in [9.17, 15) is 18.0 Å². The van der Waals surface area contributed by atoms with Crippen molar-refractivity contribution in [3.05, 3.63) is 121 Å². The van der Waals surface area contributed by atoms with Crippen LogP contribution in [0, 0.1) is 6.92 Å². The Labute approximate surface area is 189 Å². The Morgan fingerprint density at radius 2 is 1.45 bits per heavy atom. The number of aryl methyl sites for hydroxylation is 1. The molecule has 0 aliphatic carbocycles. The third-order valence-corrected chi connectivity index (χ3v) is 6.82. The van der Waals surface area contributed by atoms with E-state index in [4.69, 9.17) is 0 Å². The predicted octanol–water partition coefficient (Wildman–Crippen LogP) is 1.45. The second kappa shape index (κ2) is 9.22. The molecule has 2 N–H and O–H groups in total. The average molecular weight is 460 g/mol. The number of rotatable bonds is 5. The number of nitrogens with zero attached hydrogens (tertiary/aromatic N) is 1. The minimum absolute atomic E-state index is 0.0264. The molecule has 0 bridgehead atoms. The van der Waals surface area contributed by atoms with Gasteiger partial charge in [0.05, 0.1) is 15.5 Å². The van der Waals surface area contributed by atoms with Gasteiger partial charge in [-0.2, -0.15) is 0 Å². The SMILES string of the molecule is Cc1ccc(S(=O)(=O)c2ccc(/C=c3/[nH]c(=O)/c(=C/Cc4ccccc4)[nH]c3=O)nc2)cc1. The Morgan fingerprint density at radius 1 is 0.818 bits per heavy atom. The maximum absolute atomic E-state index is 12.8. The molecule has 2 aromatic heterocycles. The fraction of sp³-hybridized carbons (Fsp3) is 0.0800. The van der Waals surface area contributed by atoms with Gasteiger partial charge in [0.1, 0.15) is 10.7 Å². The topological polar surface area (TPSA) is 113 Å². The van der Waals surface area contributed by atoms with Crippen molar-refractivity contribution in [3.8, 4) is 0 Å². The van der Waals surface area contributed by atoms with Gasteiger partial charge in [0.15, 0.2) is 0 Å². The van der Waals surface area contributed by atoms with Gasteiger partial charge in [-0.25, -0.2) is 8.42 Å². The number of H-pyrrole nitrogens is 2. The van der Waals surface area contributed by atoms with Crippen LogP contribution in [0.4, 0.5) is 0 Å². The minimum Gasteiger partial charge on any atom is -0.316 e. The van der Waals surface area contributed by atoms with Crippen molar-refractivity contribution in [2.45, 2.75) is 23.1 Å². The van der Waals surface area contributed by atoms with Crippen molar-refractivity contribution in [1.29, 1.82) is 0 Å². The third-order valence-electron chi connectivity index (χ3n) is 5.06. The van der Waals surface area contributed by atoms with Crippen LogP contribution in [0.15, 0.2) is 92.3 Å². The average Bonchev–Trinajstić information content (AvgIpc) is 2.81. The molecule has 0 radical (unpaired) electrons. The van der Waals surface area contributed by atoms with Gasteiger partial charge in [-0.1, -0.05) is 54.1 Å². The predicted molar refractivity (Wildman–Crippen MR) is 126 cm³/mol. The molecule has 8 heteroatoms. The van der Waals surface area contributed by atoms with E-state index < -0.39 is 21.0 Å². The van der Waals surface area contributed by atoms with Gasteiger partial charge in [0, 0.05) is 6.20 Å². The molecule has 4 rings (SSSR count). The molecule has 166 valence electrons. The molecule has 0 unspecified atom stereocenters. The molecule has 0 spiro atoms. The normalized spacial score (nSPS) is 12.8. The van der Waals surface area contributed by atoms with E-state index in [1.165, 1.54) is 24.4 Å². The minimum atomic E-state index is -3.70. The Bertz CT molecular complexity index is 1620. The van der Waals surface area contributed by atoms with Gasteiger partial charge in [0.2, 0.25) is 9.84 Å². The highest BCUT2D eigenvalue weighted by Crippen LogP contribution is 2.20. The molecule has 0 fully saturated rings. The Morgan fingerprint density at radius 3 is 2.12 bits per heavy atom. The number of aromatic amines is 2. The molecule has 33 heavy (non-hydrogen) atoms. The zero-order valence-electron chi connectivity index (χ0n) is 17.8. The van der Waals surface area contributed by atoms with Gasteiger partial charge >= 0.3 is 0 Å². The molecular formula is C25H21N3O4S. The van der Waals surface area contributed by atoms with Crippen molar-refractivity contribution < 1.29 is 8.42 Å². The lowest BCUT2D eigenvalue weighted by molar-refractivity contribution is 0.595. The second-order valence-electron chi connectivity index (χ2n) is 7.51. The number of pyridine rings is 1. The van der Waals surface area contributed by atoms with E-state index in [0.29, 0.717) is 12.1 Å². The molecule has 0 aliphatic rings. The van der Waals surface area contributed by atoms with Gasteiger partial charge in [-0.15, -0.1) is 0 Å².